The number of hydrogen-bond acceptors (Lipinski definition) is 4. The highest BCUT2D eigenvalue weighted by Gasteiger charge is 2.21. The fraction of sp³-hybridized carbons (Fsp3) is 0.250. The molecular weight excluding hydrogens is 286 g/mol. The van der Waals surface area contributed by atoms with Crippen molar-refractivity contribution in [3.05, 3.63) is 28.8 Å². The van der Waals surface area contributed by atoms with Crippen molar-refractivity contribution < 1.29 is 19.5 Å². The molecule has 0 heterocycles. The van der Waals surface area contributed by atoms with E-state index < -0.39 is 23.8 Å². The maximum atomic E-state index is 11.9. The van der Waals surface area contributed by atoms with E-state index in [4.69, 9.17) is 28.2 Å². The van der Waals surface area contributed by atoms with E-state index in [2.05, 4.69) is 5.32 Å². The van der Waals surface area contributed by atoms with Crippen LogP contribution >= 0.6 is 11.6 Å². The molecule has 1 aromatic carbocycles. The van der Waals surface area contributed by atoms with E-state index in [-0.39, 0.29) is 23.4 Å². The van der Waals surface area contributed by atoms with Gasteiger partial charge in [0, 0.05) is 12.0 Å². The molecule has 0 saturated carbocycles. The number of halogens is 1. The predicted octanol–water partition coefficient (Wildman–Crippen LogP) is 0.371. The number of amides is 2. The Morgan fingerprint density at radius 2 is 2.00 bits per heavy atom. The molecule has 0 aliphatic heterocycles. The summed E-state index contributed by atoms with van der Waals surface area (Å²) in [5, 5.41) is 11.5. The molecule has 7 nitrogen and oxygen atoms in total. The van der Waals surface area contributed by atoms with E-state index in [1.54, 1.807) is 0 Å². The number of primary amides is 1. The first kappa shape index (κ1) is 15.8. The Labute approximate surface area is 119 Å². The standard InChI is InChI=1S/C12H14ClN3O4/c13-7-5-6(1-2-8(7)14)11(18)16-9(12(19)20)3-4-10(15)17/h1-2,5,9H,3-4,14H2,(H2,15,17)(H,16,18)(H,19,20). The second-order valence-electron chi connectivity index (χ2n) is 4.11. The van der Waals surface area contributed by atoms with E-state index in [0.717, 1.165) is 0 Å². The number of anilines is 1. The fourth-order valence-corrected chi connectivity index (χ4v) is 1.63. The second kappa shape index (κ2) is 6.76. The number of carboxylic acid groups (broad SMARTS) is 1. The van der Waals surface area contributed by atoms with Crippen LogP contribution in [-0.2, 0) is 9.59 Å². The van der Waals surface area contributed by atoms with Gasteiger partial charge in [0.2, 0.25) is 5.91 Å². The lowest BCUT2D eigenvalue weighted by atomic mass is 10.1. The number of hydrogen-bond donors (Lipinski definition) is 4. The highest BCUT2D eigenvalue weighted by atomic mass is 35.5. The lowest BCUT2D eigenvalue weighted by Gasteiger charge is -2.14. The molecular formula is C12H14ClN3O4. The molecule has 8 heteroatoms. The smallest absolute Gasteiger partial charge is 0.326 e. The number of rotatable bonds is 6. The number of carbonyl (C=O) groups is 3. The third-order valence-electron chi connectivity index (χ3n) is 2.55. The first-order valence-electron chi connectivity index (χ1n) is 5.68. The van der Waals surface area contributed by atoms with Crippen LogP contribution in [0.25, 0.3) is 0 Å². The molecule has 0 aliphatic carbocycles. The van der Waals surface area contributed by atoms with Crippen molar-refractivity contribution >= 4 is 35.1 Å². The van der Waals surface area contributed by atoms with Crippen LogP contribution in [0, 0.1) is 0 Å². The van der Waals surface area contributed by atoms with Crippen LogP contribution in [0.15, 0.2) is 18.2 Å². The number of aliphatic carboxylic acids is 1. The number of carboxylic acids is 1. The van der Waals surface area contributed by atoms with E-state index in [1.165, 1.54) is 18.2 Å². The lowest BCUT2D eigenvalue weighted by molar-refractivity contribution is -0.139. The number of nitrogens with two attached hydrogens (primary N) is 2. The van der Waals surface area contributed by atoms with Crippen molar-refractivity contribution in [2.45, 2.75) is 18.9 Å². The summed E-state index contributed by atoms with van der Waals surface area (Å²) in [4.78, 5) is 33.5. The fourth-order valence-electron chi connectivity index (χ4n) is 1.45. The summed E-state index contributed by atoms with van der Waals surface area (Å²) in [5.41, 5.74) is 10.9. The van der Waals surface area contributed by atoms with Gasteiger partial charge < -0.3 is 21.9 Å². The molecule has 0 saturated heterocycles. The van der Waals surface area contributed by atoms with Crippen LogP contribution in [-0.4, -0.2) is 28.9 Å². The van der Waals surface area contributed by atoms with Crippen molar-refractivity contribution in [3.63, 3.8) is 0 Å². The highest BCUT2D eigenvalue weighted by molar-refractivity contribution is 6.33. The van der Waals surface area contributed by atoms with Crippen molar-refractivity contribution in [1.29, 1.82) is 0 Å². The minimum Gasteiger partial charge on any atom is -0.480 e. The molecule has 6 N–H and O–H groups in total. The Hall–Kier alpha value is -2.28. The van der Waals surface area contributed by atoms with Gasteiger partial charge in [-0.3, -0.25) is 9.59 Å². The van der Waals surface area contributed by atoms with Crippen molar-refractivity contribution in [2.75, 3.05) is 5.73 Å². The van der Waals surface area contributed by atoms with Gasteiger partial charge in [-0.2, -0.15) is 0 Å². The topological polar surface area (TPSA) is 136 Å². The first-order valence-corrected chi connectivity index (χ1v) is 6.06. The zero-order valence-electron chi connectivity index (χ0n) is 10.4. The molecule has 0 aliphatic rings. The maximum absolute atomic E-state index is 11.9. The second-order valence-corrected chi connectivity index (χ2v) is 4.51. The molecule has 0 fully saturated rings. The lowest BCUT2D eigenvalue weighted by Crippen LogP contribution is -2.41. The van der Waals surface area contributed by atoms with E-state index >= 15 is 0 Å². The average molecular weight is 300 g/mol. The van der Waals surface area contributed by atoms with Crippen LogP contribution in [0.1, 0.15) is 23.2 Å². The van der Waals surface area contributed by atoms with Crippen molar-refractivity contribution in [1.82, 2.24) is 5.32 Å². The van der Waals surface area contributed by atoms with Crippen molar-refractivity contribution in [2.24, 2.45) is 5.73 Å². The Kier molecular flexibility index (Phi) is 5.33. The van der Waals surface area contributed by atoms with Gasteiger partial charge in [0.1, 0.15) is 6.04 Å². The van der Waals surface area contributed by atoms with Gasteiger partial charge in [-0.05, 0) is 24.6 Å². The quantitative estimate of drug-likeness (QED) is 0.563. The van der Waals surface area contributed by atoms with E-state index in [0.29, 0.717) is 5.69 Å². The van der Waals surface area contributed by atoms with Gasteiger partial charge in [0.25, 0.3) is 5.91 Å². The minimum atomic E-state index is -1.25. The van der Waals surface area contributed by atoms with Crippen LogP contribution in [0.5, 0.6) is 0 Å². The Bertz CT molecular complexity index is 548. The summed E-state index contributed by atoms with van der Waals surface area (Å²) >= 11 is 5.78. The molecule has 1 aromatic rings. The normalized spacial score (nSPS) is 11.7. The number of benzene rings is 1. The molecule has 0 radical (unpaired) electrons. The molecule has 20 heavy (non-hydrogen) atoms. The maximum Gasteiger partial charge on any atom is 0.326 e. The molecule has 1 rings (SSSR count). The zero-order chi connectivity index (χ0) is 15.3. The summed E-state index contributed by atoms with van der Waals surface area (Å²) in [6.45, 7) is 0. The first-order chi connectivity index (χ1) is 9.31. The summed E-state index contributed by atoms with van der Waals surface area (Å²) in [5.74, 6) is -2.51. The van der Waals surface area contributed by atoms with Crippen LogP contribution in [0.2, 0.25) is 5.02 Å². The van der Waals surface area contributed by atoms with Crippen LogP contribution in [0.3, 0.4) is 0 Å². The molecule has 0 spiro atoms. The Morgan fingerprint density at radius 3 is 2.50 bits per heavy atom. The Morgan fingerprint density at radius 1 is 1.35 bits per heavy atom. The summed E-state index contributed by atoms with van der Waals surface area (Å²) < 4.78 is 0. The van der Waals surface area contributed by atoms with Gasteiger partial charge in [-0.15, -0.1) is 0 Å². The molecule has 0 bridgehead atoms. The monoisotopic (exact) mass is 299 g/mol. The van der Waals surface area contributed by atoms with Gasteiger partial charge >= 0.3 is 5.97 Å². The predicted molar refractivity (Wildman–Crippen MR) is 73.2 cm³/mol. The minimum absolute atomic E-state index is 0.0842. The van der Waals surface area contributed by atoms with E-state index in [9.17, 15) is 14.4 Å². The molecule has 1 atom stereocenters. The highest BCUT2D eigenvalue weighted by Crippen LogP contribution is 2.19. The largest absolute Gasteiger partial charge is 0.480 e. The third-order valence-corrected chi connectivity index (χ3v) is 2.87. The molecule has 108 valence electrons. The SMILES string of the molecule is NC(=O)CCC(NC(=O)c1ccc(N)c(Cl)c1)C(=O)O. The molecule has 2 amide bonds. The number of nitrogens with one attached hydrogen (secondary N) is 1. The zero-order valence-corrected chi connectivity index (χ0v) is 11.2. The van der Waals surface area contributed by atoms with Crippen LogP contribution < -0.4 is 16.8 Å². The summed E-state index contributed by atoms with van der Waals surface area (Å²) in [7, 11) is 0. The number of nitrogen functional groups attached to an aromatic ring is 1. The van der Waals surface area contributed by atoms with Crippen LogP contribution in [0.4, 0.5) is 5.69 Å². The van der Waals surface area contributed by atoms with Gasteiger partial charge in [0.05, 0.1) is 10.7 Å². The molecule has 1 unspecified atom stereocenters. The molecule has 0 aromatic heterocycles. The van der Waals surface area contributed by atoms with Gasteiger partial charge in [0.15, 0.2) is 0 Å². The van der Waals surface area contributed by atoms with Gasteiger partial charge in [-0.1, -0.05) is 11.6 Å². The third kappa shape index (κ3) is 4.43. The summed E-state index contributed by atoms with van der Waals surface area (Å²) in [6.07, 6.45) is -0.223. The van der Waals surface area contributed by atoms with Gasteiger partial charge in [-0.25, -0.2) is 4.79 Å². The summed E-state index contributed by atoms with van der Waals surface area (Å²) in [6, 6.07) is 2.99. The average Bonchev–Trinajstić information content (AvgIpc) is 2.36. The number of carbonyl (C=O) groups excluding carboxylic acids is 2. The van der Waals surface area contributed by atoms with Crippen molar-refractivity contribution in [3.8, 4) is 0 Å². The van der Waals surface area contributed by atoms with E-state index in [1.807, 2.05) is 0 Å². The Balaban J connectivity index is 2.77.